The summed E-state index contributed by atoms with van der Waals surface area (Å²) in [6, 6.07) is 6.67. The fourth-order valence-electron chi connectivity index (χ4n) is 1.90. The van der Waals surface area contributed by atoms with Gasteiger partial charge < -0.3 is 10.5 Å². The van der Waals surface area contributed by atoms with Gasteiger partial charge in [-0.25, -0.2) is 0 Å². The standard InChI is InChI=1S/C12H17NO.ClH/c1-8-3-9(2)5-11(4-8)14-12-6-10(13)7-12;/h3-5,10,12H,6-7,13H2,1-2H3;1H. The molecule has 84 valence electrons. The lowest BCUT2D eigenvalue weighted by Gasteiger charge is -2.32. The molecule has 1 aliphatic rings. The molecule has 0 saturated heterocycles. The minimum Gasteiger partial charge on any atom is -0.490 e. The van der Waals surface area contributed by atoms with E-state index in [4.69, 9.17) is 10.5 Å². The molecule has 2 rings (SSSR count). The second-order valence-corrected chi connectivity index (χ2v) is 4.29. The summed E-state index contributed by atoms with van der Waals surface area (Å²) in [5, 5.41) is 0. The molecule has 1 saturated carbocycles. The van der Waals surface area contributed by atoms with Gasteiger partial charge in [0.15, 0.2) is 0 Å². The minimum atomic E-state index is 0. The molecular weight excluding hydrogens is 210 g/mol. The summed E-state index contributed by atoms with van der Waals surface area (Å²) in [7, 11) is 0. The molecule has 0 atom stereocenters. The summed E-state index contributed by atoms with van der Waals surface area (Å²) in [5.74, 6) is 0.986. The third-order valence-corrected chi connectivity index (χ3v) is 2.63. The predicted octanol–water partition coefficient (Wildman–Crippen LogP) is 2.59. The lowest BCUT2D eigenvalue weighted by Crippen LogP contribution is -2.43. The Morgan fingerprint density at radius 3 is 2.13 bits per heavy atom. The highest BCUT2D eigenvalue weighted by Gasteiger charge is 2.27. The topological polar surface area (TPSA) is 35.2 Å². The number of benzene rings is 1. The van der Waals surface area contributed by atoms with Gasteiger partial charge >= 0.3 is 0 Å². The highest BCUT2D eigenvalue weighted by molar-refractivity contribution is 5.85. The van der Waals surface area contributed by atoms with E-state index in [2.05, 4.69) is 32.0 Å². The summed E-state index contributed by atoms with van der Waals surface area (Å²) >= 11 is 0. The van der Waals surface area contributed by atoms with Gasteiger partial charge in [0, 0.05) is 6.04 Å². The van der Waals surface area contributed by atoms with E-state index in [-0.39, 0.29) is 12.4 Å². The maximum Gasteiger partial charge on any atom is 0.120 e. The van der Waals surface area contributed by atoms with Crippen LogP contribution in [0.15, 0.2) is 18.2 Å². The van der Waals surface area contributed by atoms with E-state index in [9.17, 15) is 0 Å². The Morgan fingerprint density at radius 1 is 1.13 bits per heavy atom. The van der Waals surface area contributed by atoms with Gasteiger partial charge in [0.25, 0.3) is 0 Å². The van der Waals surface area contributed by atoms with Crippen molar-refractivity contribution in [2.45, 2.75) is 38.8 Å². The van der Waals surface area contributed by atoms with E-state index in [1.807, 2.05) is 0 Å². The van der Waals surface area contributed by atoms with Gasteiger partial charge in [0.2, 0.25) is 0 Å². The smallest absolute Gasteiger partial charge is 0.120 e. The molecule has 1 aromatic carbocycles. The molecule has 1 aliphatic carbocycles. The number of hydrogen-bond donors (Lipinski definition) is 1. The first-order chi connectivity index (χ1) is 6.63. The quantitative estimate of drug-likeness (QED) is 0.843. The van der Waals surface area contributed by atoms with Crippen LogP contribution in [0, 0.1) is 13.8 Å². The highest BCUT2D eigenvalue weighted by Crippen LogP contribution is 2.25. The molecular formula is C12H18ClNO. The van der Waals surface area contributed by atoms with Crippen LogP contribution in [-0.2, 0) is 0 Å². The van der Waals surface area contributed by atoms with E-state index < -0.39 is 0 Å². The zero-order valence-corrected chi connectivity index (χ0v) is 10.0. The SMILES string of the molecule is Cc1cc(C)cc(OC2CC(N)C2)c1.Cl. The largest absolute Gasteiger partial charge is 0.490 e. The van der Waals surface area contributed by atoms with Gasteiger partial charge in [-0.3, -0.25) is 0 Å². The van der Waals surface area contributed by atoms with Crippen molar-refractivity contribution in [3.05, 3.63) is 29.3 Å². The van der Waals surface area contributed by atoms with Crippen LogP contribution < -0.4 is 10.5 Å². The molecule has 0 heterocycles. The van der Waals surface area contributed by atoms with Crippen LogP contribution in [0.2, 0.25) is 0 Å². The van der Waals surface area contributed by atoms with Crippen LogP contribution in [0.4, 0.5) is 0 Å². The van der Waals surface area contributed by atoms with Crippen molar-refractivity contribution < 1.29 is 4.74 Å². The normalized spacial score (nSPS) is 23.9. The summed E-state index contributed by atoms with van der Waals surface area (Å²) in [6.45, 7) is 4.18. The van der Waals surface area contributed by atoms with E-state index in [0.717, 1.165) is 18.6 Å². The molecule has 1 aromatic rings. The monoisotopic (exact) mass is 227 g/mol. The van der Waals surface area contributed by atoms with Gasteiger partial charge in [-0.2, -0.15) is 0 Å². The van der Waals surface area contributed by atoms with E-state index in [1.54, 1.807) is 0 Å². The van der Waals surface area contributed by atoms with Crippen molar-refractivity contribution in [1.82, 2.24) is 0 Å². The van der Waals surface area contributed by atoms with Crippen molar-refractivity contribution >= 4 is 12.4 Å². The van der Waals surface area contributed by atoms with E-state index >= 15 is 0 Å². The molecule has 0 aliphatic heterocycles. The van der Waals surface area contributed by atoms with Crippen LogP contribution in [0.25, 0.3) is 0 Å². The van der Waals surface area contributed by atoms with E-state index in [1.165, 1.54) is 11.1 Å². The van der Waals surface area contributed by atoms with Crippen molar-refractivity contribution in [2.24, 2.45) is 5.73 Å². The number of halogens is 1. The molecule has 0 radical (unpaired) electrons. The predicted molar refractivity (Wildman–Crippen MR) is 64.8 cm³/mol. The van der Waals surface area contributed by atoms with Crippen molar-refractivity contribution in [3.63, 3.8) is 0 Å². The fraction of sp³-hybridized carbons (Fsp3) is 0.500. The second kappa shape index (κ2) is 4.86. The van der Waals surface area contributed by atoms with Crippen LogP contribution in [0.5, 0.6) is 5.75 Å². The summed E-state index contributed by atoms with van der Waals surface area (Å²) in [6.07, 6.45) is 2.33. The van der Waals surface area contributed by atoms with Gasteiger partial charge in [0.05, 0.1) is 0 Å². The number of nitrogens with two attached hydrogens (primary N) is 1. The molecule has 0 amide bonds. The lowest BCUT2D eigenvalue weighted by atomic mass is 9.90. The van der Waals surface area contributed by atoms with Gasteiger partial charge in [-0.05, 0) is 49.9 Å². The second-order valence-electron chi connectivity index (χ2n) is 4.29. The first-order valence-electron chi connectivity index (χ1n) is 5.14. The Balaban J connectivity index is 0.00000112. The average Bonchev–Trinajstić information content (AvgIpc) is 1.99. The molecule has 0 unspecified atom stereocenters. The Bertz CT molecular complexity index is 314. The van der Waals surface area contributed by atoms with Gasteiger partial charge in [-0.15, -0.1) is 12.4 Å². The summed E-state index contributed by atoms with van der Waals surface area (Å²) in [4.78, 5) is 0. The third-order valence-electron chi connectivity index (χ3n) is 2.63. The number of hydrogen-bond acceptors (Lipinski definition) is 2. The van der Waals surface area contributed by atoms with E-state index in [0.29, 0.717) is 12.1 Å². The Hall–Kier alpha value is -0.730. The zero-order valence-electron chi connectivity index (χ0n) is 9.19. The highest BCUT2D eigenvalue weighted by atomic mass is 35.5. The fourth-order valence-corrected chi connectivity index (χ4v) is 1.90. The zero-order chi connectivity index (χ0) is 10.1. The van der Waals surface area contributed by atoms with Crippen molar-refractivity contribution in [2.75, 3.05) is 0 Å². The summed E-state index contributed by atoms with van der Waals surface area (Å²) in [5.41, 5.74) is 8.21. The molecule has 2 nitrogen and oxygen atoms in total. The maximum absolute atomic E-state index is 5.80. The Morgan fingerprint density at radius 2 is 1.67 bits per heavy atom. The van der Waals surface area contributed by atoms with Gasteiger partial charge in [-0.1, -0.05) is 6.07 Å². The minimum absolute atomic E-state index is 0. The van der Waals surface area contributed by atoms with Crippen LogP contribution in [0.1, 0.15) is 24.0 Å². The molecule has 0 aromatic heterocycles. The Labute approximate surface area is 97.2 Å². The first kappa shape index (κ1) is 12.3. The molecule has 1 fully saturated rings. The Kier molecular flexibility index (Phi) is 4.00. The third kappa shape index (κ3) is 3.11. The van der Waals surface area contributed by atoms with Crippen molar-refractivity contribution in [1.29, 1.82) is 0 Å². The van der Waals surface area contributed by atoms with Crippen molar-refractivity contribution in [3.8, 4) is 5.75 Å². The summed E-state index contributed by atoms with van der Waals surface area (Å²) < 4.78 is 5.80. The number of rotatable bonds is 2. The molecule has 0 bridgehead atoms. The molecule has 15 heavy (non-hydrogen) atoms. The average molecular weight is 228 g/mol. The molecule has 3 heteroatoms. The lowest BCUT2D eigenvalue weighted by molar-refractivity contribution is 0.101. The van der Waals surface area contributed by atoms with Gasteiger partial charge in [0.1, 0.15) is 11.9 Å². The number of ether oxygens (including phenoxy) is 1. The van der Waals surface area contributed by atoms with Crippen LogP contribution in [0.3, 0.4) is 0 Å². The molecule has 2 N–H and O–H groups in total. The van der Waals surface area contributed by atoms with Crippen LogP contribution in [-0.4, -0.2) is 12.1 Å². The first-order valence-corrected chi connectivity index (χ1v) is 5.14. The number of aryl methyl sites for hydroxylation is 2. The maximum atomic E-state index is 5.80. The molecule has 0 spiro atoms. The van der Waals surface area contributed by atoms with Crippen LogP contribution >= 0.6 is 12.4 Å².